The molecule has 0 aliphatic heterocycles. The zero-order valence-electron chi connectivity index (χ0n) is 13.9. The number of sulfonamides is 1. The van der Waals surface area contributed by atoms with Gasteiger partial charge < -0.3 is 9.47 Å². The average Bonchev–Trinajstić information content (AvgIpc) is 2.60. The highest BCUT2D eigenvalue weighted by atomic mass is 32.2. The lowest BCUT2D eigenvalue weighted by Gasteiger charge is -2.16. The van der Waals surface area contributed by atoms with Crippen LogP contribution in [0.2, 0.25) is 0 Å². The Morgan fingerprint density at radius 2 is 1.50 bits per heavy atom. The second kappa shape index (κ2) is 8.72. The fourth-order valence-corrected chi connectivity index (χ4v) is 3.06. The predicted octanol–water partition coefficient (Wildman–Crippen LogP) is 2.21. The summed E-state index contributed by atoms with van der Waals surface area (Å²) in [6.07, 6.45) is 0. The number of hydrogen-bond donors (Lipinski definition) is 0. The molecule has 0 radical (unpaired) electrons. The fraction of sp³-hybridized carbons (Fsp3) is 0.235. The van der Waals surface area contributed by atoms with Crippen LogP contribution < -0.4 is 4.74 Å². The van der Waals surface area contributed by atoms with Crippen LogP contribution in [0.5, 0.6) is 5.75 Å². The molecule has 0 heterocycles. The van der Waals surface area contributed by atoms with E-state index in [0.29, 0.717) is 5.75 Å². The van der Waals surface area contributed by atoms with Crippen LogP contribution in [0.4, 0.5) is 8.78 Å². The maximum Gasteiger partial charge on any atom is 0.321 e. The highest BCUT2D eigenvalue weighted by Gasteiger charge is 2.23. The maximum atomic E-state index is 12.9. The second-order valence-electron chi connectivity index (χ2n) is 5.24. The first-order valence-corrected chi connectivity index (χ1v) is 8.99. The number of hydrogen-bond acceptors (Lipinski definition) is 5. The summed E-state index contributed by atoms with van der Waals surface area (Å²) < 4.78 is 61.1. The Hall–Kier alpha value is -2.52. The van der Waals surface area contributed by atoms with E-state index < -0.39 is 34.2 Å². The molecule has 2 rings (SSSR count). The summed E-state index contributed by atoms with van der Waals surface area (Å²) in [5.74, 6) is -1.30. The van der Waals surface area contributed by atoms with E-state index in [2.05, 4.69) is 0 Å². The Labute approximate surface area is 150 Å². The maximum absolute atomic E-state index is 12.9. The molecule has 0 bridgehead atoms. The molecule has 0 fully saturated rings. The number of carbonyl (C=O) groups is 1. The summed E-state index contributed by atoms with van der Waals surface area (Å²) in [6.45, 7) is -0.567. The van der Waals surface area contributed by atoms with Gasteiger partial charge in [0.2, 0.25) is 10.0 Å². The second-order valence-corrected chi connectivity index (χ2v) is 7.28. The zero-order valence-corrected chi connectivity index (χ0v) is 14.7. The quantitative estimate of drug-likeness (QED) is 0.515. The lowest BCUT2D eigenvalue weighted by molar-refractivity contribution is -0.144. The summed E-state index contributed by atoms with van der Waals surface area (Å²) >= 11 is 0. The van der Waals surface area contributed by atoms with Gasteiger partial charge in [-0.3, -0.25) is 4.79 Å². The third-order valence-corrected chi connectivity index (χ3v) is 5.12. The van der Waals surface area contributed by atoms with Crippen molar-refractivity contribution in [2.45, 2.75) is 4.90 Å². The molecule has 0 atom stereocenters. The summed E-state index contributed by atoms with van der Waals surface area (Å²) in [7, 11) is -2.71. The van der Waals surface area contributed by atoms with Gasteiger partial charge in [-0.15, -0.1) is 0 Å². The first-order chi connectivity index (χ1) is 12.3. The highest BCUT2D eigenvalue weighted by molar-refractivity contribution is 7.89. The molecule has 9 heteroatoms. The van der Waals surface area contributed by atoms with E-state index in [1.54, 1.807) is 0 Å². The number of esters is 1. The molecular weight excluding hydrogens is 368 g/mol. The molecule has 2 aromatic carbocycles. The van der Waals surface area contributed by atoms with Gasteiger partial charge in [-0.1, -0.05) is 0 Å². The minimum absolute atomic E-state index is 0.0335. The van der Waals surface area contributed by atoms with E-state index >= 15 is 0 Å². The van der Waals surface area contributed by atoms with Crippen molar-refractivity contribution in [1.29, 1.82) is 0 Å². The van der Waals surface area contributed by atoms with Crippen LogP contribution in [-0.2, 0) is 19.6 Å². The van der Waals surface area contributed by atoms with Crippen molar-refractivity contribution in [2.24, 2.45) is 0 Å². The van der Waals surface area contributed by atoms with Crippen LogP contribution in [0.15, 0.2) is 53.4 Å². The predicted molar refractivity (Wildman–Crippen MR) is 89.1 cm³/mol. The minimum Gasteiger partial charge on any atom is -0.490 e. The van der Waals surface area contributed by atoms with Gasteiger partial charge in [0, 0.05) is 7.05 Å². The normalized spacial score (nSPS) is 11.4. The van der Waals surface area contributed by atoms with E-state index in [0.717, 1.165) is 28.6 Å². The smallest absolute Gasteiger partial charge is 0.321 e. The van der Waals surface area contributed by atoms with Crippen LogP contribution in [-0.4, -0.2) is 45.5 Å². The van der Waals surface area contributed by atoms with Crippen molar-refractivity contribution >= 4 is 16.0 Å². The van der Waals surface area contributed by atoms with Gasteiger partial charge in [-0.05, 0) is 48.5 Å². The van der Waals surface area contributed by atoms with E-state index in [1.807, 2.05) is 0 Å². The van der Waals surface area contributed by atoms with Crippen LogP contribution >= 0.6 is 0 Å². The molecule has 0 aliphatic carbocycles. The van der Waals surface area contributed by atoms with Crippen molar-refractivity contribution in [3.8, 4) is 5.75 Å². The van der Waals surface area contributed by atoms with Gasteiger partial charge in [-0.2, -0.15) is 4.31 Å². The van der Waals surface area contributed by atoms with E-state index in [-0.39, 0.29) is 18.1 Å². The minimum atomic E-state index is -3.93. The molecule has 140 valence electrons. The van der Waals surface area contributed by atoms with Crippen molar-refractivity contribution in [3.63, 3.8) is 0 Å². The Morgan fingerprint density at radius 1 is 0.962 bits per heavy atom. The molecule has 0 spiro atoms. The topological polar surface area (TPSA) is 72.9 Å². The number of rotatable bonds is 8. The van der Waals surface area contributed by atoms with Crippen molar-refractivity contribution < 1.29 is 31.5 Å². The summed E-state index contributed by atoms with van der Waals surface area (Å²) in [6, 6.07) is 9.59. The molecule has 0 aliphatic rings. The summed E-state index contributed by atoms with van der Waals surface area (Å²) in [5, 5.41) is 0. The third kappa shape index (κ3) is 5.50. The van der Waals surface area contributed by atoms with E-state index in [1.165, 1.54) is 31.3 Å². The molecule has 0 N–H and O–H groups in total. The van der Waals surface area contributed by atoms with Gasteiger partial charge in [0.1, 0.15) is 37.1 Å². The summed E-state index contributed by atoms with van der Waals surface area (Å²) in [4.78, 5) is 11.6. The van der Waals surface area contributed by atoms with E-state index in [4.69, 9.17) is 9.47 Å². The number of ether oxygens (including phenoxy) is 2. The Bertz CT molecular complexity index is 838. The molecule has 26 heavy (non-hydrogen) atoms. The number of carbonyl (C=O) groups excluding carboxylic acids is 1. The standard InChI is InChI=1S/C17H17F2NO5S/c1-20(26(22,23)16-8-4-14(19)5-9-16)12-17(21)25-11-10-24-15-6-2-13(18)3-7-15/h2-9H,10-12H2,1H3. The molecule has 0 unspecified atom stereocenters. The molecule has 6 nitrogen and oxygen atoms in total. The average molecular weight is 385 g/mol. The van der Waals surface area contributed by atoms with Crippen LogP contribution in [0, 0.1) is 11.6 Å². The van der Waals surface area contributed by atoms with Gasteiger partial charge >= 0.3 is 5.97 Å². The zero-order chi connectivity index (χ0) is 19.2. The monoisotopic (exact) mass is 385 g/mol. The van der Waals surface area contributed by atoms with Crippen LogP contribution in [0.25, 0.3) is 0 Å². The Kier molecular flexibility index (Phi) is 6.64. The number of likely N-dealkylation sites (N-methyl/N-ethyl adjacent to an activating group) is 1. The van der Waals surface area contributed by atoms with Crippen LogP contribution in [0.1, 0.15) is 0 Å². The largest absolute Gasteiger partial charge is 0.490 e. The first-order valence-electron chi connectivity index (χ1n) is 7.55. The number of benzene rings is 2. The van der Waals surface area contributed by atoms with Gasteiger partial charge in [0.25, 0.3) is 0 Å². The SMILES string of the molecule is CN(CC(=O)OCCOc1ccc(F)cc1)S(=O)(=O)c1ccc(F)cc1. The molecule has 0 saturated heterocycles. The molecule has 0 aromatic heterocycles. The van der Waals surface area contributed by atoms with Gasteiger partial charge in [-0.25, -0.2) is 17.2 Å². The van der Waals surface area contributed by atoms with E-state index in [9.17, 15) is 22.0 Å². The summed E-state index contributed by atoms with van der Waals surface area (Å²) in [5.41, 5.74) is 0. The third-order valence-electron chi connectivity index (χ3n) is 3.30. The lowest BCUT2D eigenvalue weighted by Crippen LogP contribution is -2.33. The Morgan fingerprint density at radius 3 is 2.08 bits per heavy atom. The highest BCUT2D eigenvalue weighted by Crippen LogP contribution is 2.15. The molecule has 2 aromatic rings. The molecule has 0 saturated carbocycles. The number of nitrogens with zero attached hydrogens (tertiary/aromatic N) is 1. The van der Waals surface area contributed by atoms with Crippen molar-refractivity contribution in [3.05, 3.63) is 60.2 Å². The lowest BCUT2D eigenvalue weighted by atomic mass is 10.3. The fourth-order valence-electron chi connectivity index (χ4n) is 1.94. The van der Waals surface area contributed by atoms with Crippen molar-refractivity contribution in [1.82, 2.24) is 4.31 Å². The first kappa shape index (κ1) is 19.8. The molecular formula is C17H17F2NO5S. The Balaban J connectivity index is 1.79. The molecule has 0 amide bonds. The van der Waals surface area contributed by atoms with Crippen LogP contribution in [0.3, 0.4) is 0 Å². The number of halogens is 2. The van der Waals surface area contributed by atoms with Crippen molar-refractivity contribution in [2.75, 3.05) is 26.8 Å². The van der Waals surface area contributed by atoms with Gasteiger partial charge in [0.15, 0.2) is 0 Å². The van der Waals surface area contributed by atoms with Gasteiger partial charge in [0.05, 0.1) is 4.90 Å².